The molecule has 124 valence electrons. The Hall–Kier alpha value is -1.50. The topological polar surface area (TPSA) is 51.2 Å². The molecule has 0 bridgehead atoms. The zero-order valence-electron chi connectivity index (χ0n) is 12.5. The van der Waals surface area contributed by atoms with Crippen LogP contribution in [0.2, 0.25) is 0 Å². The Bertz CT molecular complexity index is 865. The molecule has 0 radical (unpaired) electrons. The van der Waals surface area contributed by atoms with Crippen LogP contribution in [-0.2, 0) is 14.6 Å². The molecule has 0 unspecified atom stereocenters. The smallest absolute Gasteiger partial charge is 0.179 e. The van der Waals surface area contributed by atoms with Gasteiger partial charge in [-0.1, -0.05) is 62.2 Å². The lowest BCUT2D eigenvalue weighted by molar-refractivity contribution is -0.112. The number of allylic oxidation sites excluding steroid dienone is 1. The predicted molar refractivity (Wildman–Crippen MR) is 105 cm³/mol. The summed E-state index contributed by atoms with van der Waals surface area (Å²) < 4.78 is 25.8. The van der Waals surface area contributed by atoms with Gasteiger partial charge in [0, 0.05) is 14.4 Å². The molecular weight excluding hydrogens is 456 g/mol. The Balaban J connectivity index is 1.98. The van der Waals surface area contributed by atoms with E-state index in [1.807, 2.05) is 36.4 Å². The SMILES string of the molecule is O=C(/C=C\c1ccc(Br)cc1)CS(=O)(=O)/C=C/c1ccc(Br)cc1. The number of halogens is 2. The molecule has 3 nitrogen and oxygen atoms in total. The van der Waals surface area contributed by atoms with Crippen molar-refractivity contribution in [3.63, 3.8) is 0 Å². The molecular formula is C18H14Br2O3S. The van der Waals surface area contributed by atoms with Gasteiger partial charge in [0.2, 0.25) is 0 Å². The molecule has 6 heteroatoms. The highest BCUT2D eigenvalue weighted by Gasteiger charge is 2.11. The molecule has 0 spiro atoms. The summed E-state index contributed by atoms with van der Waals surface area (Å²) in [6, 6.07) is 14.6. The summed E-state index contributed by atoms with van der Waals surface area (Å²) in [5, 5.41) is 1.07. The Morgan fingerprint density at radius 1 is 0.833 bits per heavy atom. The van der Waals surface area contributed by atoms with Gasteiger partial charge in [-0.2, -0.15) is 0 Å². The highest BCUT2D eigenvalue weighted by molar-refractivity contribution is 9.10. The summed E-state index contributed by atoms with van der Waals surface area (Å²) in [5.41, 5.74) is 1.58. The van der Waals surface area contributed by atoms with Crippen molar-refractivity contribution in [3.05, 3.63) is 80.1 Å². The van der Waals surface area contributed by atoms with E-state index in [2.05, 4.69) is 31.9 Å². The van der Waals surface area contributed by atoms with Crippen LogP contribution < -0.4 is 0 Å². The summed E-state index contributed by atoms with van der Waals surface area (Å²) in [6.45, 7) is 0. The van der Waals surface area contributed by atoms with Gasteiger partial charge in [0.15, 0.2) is 15.6 Å². The number of ketones is 1. The molecule has 2 rings (SSSR count). The summed E-state index contributed by atoms with van der Waals surface area (Å²) in [5.74, 6) is -1.01. The van der Waals surface area contributed by atoms with Crippen LogP contribution in [0.5, 0.6) is 0 Å². The van der Waals surface area contributed by atoms with Gasteiger partial charge in [-0.3, -0.25) is 4.79 Å². The Morgan fingerprint density at radius 2 is 1.29 bits per heavy atom. The van der Waals surface area contributed by atoms with Crippen molar-refractivity contribution < 1.29 is 13.2 Å². The monoisotopic (exact) mass is 468 g/mol. The van der Waals surface area contributed by atoms with Crippen LogP contribution in [0, 0.1) is 0 Å². The first-order valence-corrected chi connectivity index (χ1v) is 10.3. The van der Waals surface area contributed by atoms with Crippen LogP contribution in [0.15, 0.2) is 69.0 Å². The summed E-state index contributed by atoms with van der Waals surface area (Å²) in [4.78, 5) is 11.8. The highest BCUT2D eigenvalue weighted by Crippen LogP contribution is 2.13. The predicted octanol–water partition coefficient (Wildman–Crippen LogP) is 4.88. The summed E-state index contributed by atoms with van der Waals surface area (Å²) in [7, 11) is -3.60. The van der Waals surface area contributed by atoms with Crippen molar-refractivity contribution in [3.8, 4) is 0 Å². The Labute approximate surface area is 158 Å². The van der Waals surface area contributed by atoms with E-state index in [-0.39, 0.29) is 0 Å². The van der Waals surface area contributed by atoms with Gasteiger partial charge in [-0.05, 0) is 47.5 Å². The van der Waals surface area contributed by atoms with E-state index in [1.54, 1.807) is 18.2 Å². The summed E-state index contributed by atoms with van der Waals surface area (Å²) >= 11 is 6.64. The van der Waals surface area contributed by atoms with E-state index in [9.17, 15) is 13.2 Å². The molecule has 0 saturated carbocycles. The van der Waals surface area contributed by atoms with Crippen molar-refractivity contribution in [2.45, 2.75) is 0 Å². The van der Waals surface area contributed by atoms with E-state index in [0.717, 1.165) is 25.5 Å². The third kappa shape index (κ3) is 6.55. The minimum Gasteiger partial charge on any atom is -0.294 e. The van der Waals surface area contributed by atoms with Crippen molar-refractivity contribution in [1.82, 2.24) is 0 Å². The molecule has 0 aliphatic rings. The molecule has 24 heavy (non-hydrogen) atoms. The average Bonchev–Trinajstić information content (AvgIpc) is 2.53. The van der Waals surface area contributed by atoms with Crippen LogP contribution in [0.4, 0.5) is 0 Å². The standard InChI is InChI=1S/C18H14Br2O3S/c19-16-6-1-14(2-7-16)5-10-18(21)13-24(22,23)12-11-15-3-8-17(20)9-4-15/h1-12H,13H2/b10-5-,12-11+. The number of hydrogen-bond acceptors (Lipinski definition) is 3. The van der Waals surface area contributed by atoms with Crippen LogP contribution in [-0.4, -0.2) is 20.0 Å². The number of hydrogen-bond donors (Lipinski definition) is 0. The average molecular weight is 470 g/mol. The maximum atomic E-state index is 12.0. The molecule has 2 aromatic carbocycles. The highest BCUT2D eigenvalue weighted by atomic mass is 79.9. The third-order valence-corrected chi connectivity index (χ3v) is 5.31. The maximum absolute atomic E-state index is 12.0. The zero-order chi connectivity index (χ0) is 17.6. The van der Waals surface area contributed by atoms with Crippen LogP contribution in [0.25, 0.3) is 12.2 Å². The minimum absolute atomic E-state index is 0.460. The second kappa shape index (κ2) is 8.55. The van der Waals surface area contributed by atoms with Gasteiger partial charge >= 0.3 is 0 Å². The first-order chi connectivity index (χ1) is 11.3. The van der Waals surface area contributed by atoms with Crippen LogP contribution in [0.1, 0.15) is 11.1 Å². The van der Waals surface area contributed by atoms with Crippen molar-refractivity contribution in [2.24, 2.45) is 0 Å². The molecule has 0 aromatic heterocycles. The van der Waals surface area contributed by atoms with Crippen molar-refractivity contribution in [1.29, 1.82) is 0 Å². The molecule has 0 saturated heterocycles. The van der Waals surface area contributed by atoms with Gasteiger partial charge in [0.05, 0.1) is 0 Å². The van der Waals surface area contributed by atoms with E-state index < -0.39 is 21.4 Å². The number of carbonyl (C=O) groups is 1. The van der Waals surface area contributed by atoms with Gasteiger partial charge in [0.25, 0.3) is 0 Å². The van der Waals surface area contributed by atoms with Gasteiger partial charge in [0.1, 0.15) is 5.75 Å². The quantitative estimate of drug-likeness (QED) is 0.566. The normalized spacial score (nSPS) is 12.1. The largest absolute Gasteiger partial charge is 0.294 e. The molecule has 0 amide bonds. The van der Waals surface area contributed by atoms with Gasteiger partial charge in [-0.25, -0.2) is 8.42 Å². The van der Waals surface area contributed by atoms with E-state index >= 15 is 0 Å². The van der Waals surface area contributed by atoms with Crippen molar-refractivity contribution >= 4 is 59.6 Å². The lowest BCUT2D eigenvalue weighted by atomic mass is 10.2. The van der Waals surface area contributed by atoms with E-state index in [4.69, 9.17) is 0 Å². The van der Waals surface area contributed by atoms with Gasteiger partial charge < -0.3 is 0 Å². The zero-order valence-corrected chi connectivity index (χ0v) is 16.5. The fourth-order valence-electron chi connectivity index (χ4n) is 1.81. The third-order valence-electron chi connectivity index (χ3n) is 3.01. The number of carbonyl (C=O) groups excluding carboxylic acids is 1. The van der Waals surface area contributed by atoms with Crippen LogP contribution >= 0.6 is 31.9 Å². The molecule has 0 heterocycles. The van der Waals surface area contributed by atoms with Crippen molar-refractivity contribution in [2.75, 3.05) is 5.75 Å². The number of rotatable bonds is 6. The maximum Gasteiger partial charge on any atom is 0.179 e. The molecule has 0 N–H and O–H groups in total. The number of benzene rings is 2. The molecule has 2 aromatic rings. The van der Waals surface area contributed by atoms with Crippen LogP contribution in [0.3, 0.4) is 0 Å². The van der Waals surface area contributed by atoms with E-state index in [1.165, 1.54) is 12.2 Å². The Kier molecular flexibility index (Phi) is 6.71. The second-order valence-electron chi connectivity index (χ2n) is 5.01. The number of sulfone groups is 1. The first kappa shape index (κ1) is 18.8. The van der Waals surface area contributed by atoms with E-state index in [0.29, 0.717) is 0 Å². The Morgan fingerprint density at radius 3 is 1.79 bits per heavy atom. The molecule has 0 atom stereocenters. The first-order valence-electron chi connectivity index (χ1n) is 6.97. The molecule has 0 aliphatic carbocycles. The fourth-order valence-corrected chi connectivity index (χ4v) is 3.30. The fraction of sp³-hybridized carbons (Fsp3) is 0.0556. The lowest BCUT2D eigenvalue weighted by Crippen LogP contribution is -2.11. The minimum atomic E-state index is -3.60. The summed E-state index contributed by atoms with van der Waals surface area (Å²) in [6.07, 6.45) is 4.37. The second-order valence-corrected chi connectivity index (χ2v) is 8.73. The van der Waals surface area contributed by atoms with Gasteiger partial charge in [-0.15, -0.1) is 0 Å². The molecule has 0 fully saturated rings. The lowest BCUT2D eigenvalue weighted by Gasteiger charge is -1.97. The molecule has 0 aliphatic heterocycles.